The highest BCUT2D eigenvalue weighted by Gasteiger charge is 2.26. The molecule has 0 saturated carbocycles. The van der Waals surface area contributed by atoms with Crippen molar-refractivity contribution in [3.8, 4) is 0 Å². The number of benzene rings is 1. The lowest BCUT2D eigenvalue weighted by atomic mass is 10.1. The van der Waals surface area contributed by atoms with Gasteiger partial charge in [-0.15, -0.1) is 0 Å². The van der Waals surface area contributed by atoms with E-state index in [1.807, 2.05) is 19.1 Å². The Morgan fingerprint density at radius 1 is 1.13 bits per heavy atom. The largest absolute Gasteiger partial charge is 0.444 e. The molecule has 1 aromatic carbocycles. The number of sulfonamides is 1. The van der Waals surface area contributed by atoms with Crippen LogP contribution in [0.3, 0.4) is 0 Å². The zero-order chi connectivity index (χ0) is 22.4. The molecule has 1 fully saturated rings. The van der Waals surface area contributed by atoms with Gasteiger partial charge >= 0.3 is 6.09 Å². The molecule has 1 saturated heterocycles. The Bertz CT molecular complexity index is 823. The minimum Gasteiger partial charge on any atom is -0.444 e. The van der Waals surface area contributed by atoms with E-state index in [2.05, 4.69) is 10.0 Å². The molecule has 0 spiro atoms. The first kappa shape index (κ1) is 24.1. The summed E-state index contributed by atoms with van der Waals surface area (Å²) in [5.41, 5.74) is 0.503. The second kappa shape index (κ2) is 10.3. The summed E-state index contributed by atoms with van der Waals surface area (Å²) in [6.07, 6.45) is 1.59. The van der Waals surface area contributed by atoms with Gasteiger partial charge in [0.25, 0.3) is 0 Å². The van der Waals surface area contributed by atoms with Gasteiger partial charge in [-0.05, 0) is 57.7 Å². The van der Waals surface area contributed by atoms with Crippen LogP contribution in [0, 0.1) is 0 Å². The summed E-state index contributed by atoms with van der Waals surface area (Å²) in [7, 11) is -3.58. The summed E-state index contributed by atoms with van der Waals surface area (Å²) in [5, 5.41) is 2.57. The van der Waals surface area contributed by atoms with Crippen LogP contribution < -0.4 is 10.0 Å². The van der Waals surface area contributed by atoms with Crippen LogP contribution in [-0.2, 0) is 26.0 Å². The van der Waals surface area contributed by atoms with E-state index in [0.29, 0.717) is 25.9 Å². The van der Waals surface area contributed by atoms with Crippen LogP contribution in [0.5, 0.6) is 0 Å². The second-order valence-electron chi connectivity index (χ2n) is 8.45. The highest BCUT2D eigenvalue weighted by molar-refractivity contribution is 7.89. The maximum absolute atomic E-state index is 12.6. The average molecular weight is 440 g/mol. The fraction of sp³-hybridized carbons (Fsp3) is 0.619. The van der Waals surface area contributed by atoms with E-state index < -0.39 is 21.7 Å². The molecule has 0 aromatic heterocycles. The molecule has 0 unspecified atom stereocenters. The van der Waals surface area contributed by atoms with Crippen LogP contribution in [0.15, 0.2) is 29.2 Å². The number of aryl methyl sites for hydroxylation is 1. The molecule has 2 rings (SSSR count). The molecular formula is C21H33N3O5S. The Hall–Kier alpha value is -2.13. The molecule has 0 aliphatic carbocycles. The van der Waals surface area contributed by atoms with E-state index in [0.717, 1.165) is 12.0 Å². The van der Waals surface area contributed by atoms with Gasteiger partial charge in [-0.3, -0.25) is 4.79 Å². The standard InChI is InChI=1S/C21H33N3O5S/c1-5-16-6-8-18(9-7-16)30(27,28)23-17-11-14-24(15-12-17)19(25)10-13-22-20(26)29-21(2,3)4/h6-9,17,23H,5,10-15H2,1-4H3,(H,22,26). The molecule has 30 heavy (non-hydrogen) atoms. The highest BCUT2D eigenvalue weighted by atomic mass is 32.2. The van der Waals surface area contributed by atoms with Crippen LogP contribution in [0.2, 0.25) is 0 Å². The van der Waals surface area contributed by atoms with E-state index >= 15 is 0 Å². The Labute approximate surface area is 179 Å². The number of alkyl carbamates (subject to hydrolysis) is 1. The van der Waals surface area contributed by atoms with Crippen LogP contribution in [-0.4, -0.2) is 56.6 Å². The predicted octanol–water partition coefficient (Wildman–Crippen LogP) is 2.43. The van der Waals surface area contributed by atoms with E-state index in [1.165, 1.54) is 0 Å². The number of ether oxygens (including phenoxy) is 1. The van der Waals surface area contributed by atoms with Crippen LogP contribution >= 0.6 is 0 Å². The normalized spacial score (nSPS) is 15.7. The van der Waals surface area contributed by atoms with Crippen LogP contribution in [0.4, 0.5) is 4.79 Å². The maximum Gasteiger partial charge on any atom is 0.407 e. The third-order valence-electron chi connectivity index (χ3n) is 4.82. The number of amides is 2. The summed E-state index contributed by atoms with van der Waals surface area (Å²) in [4.78, 5) is 25.9. The third kappa shape index (κ3) is 7.60. The van der Waals surface area contributed by atoms with Gasteiger partial charge in [0.2, 0.25) is 15.9 Å². The van der Waals surface area contributed by atoms with Gasteiger partial charge in [0, 0.05) is 32.1 Å². The second-order valence-corrected chi connectivity index (χ2v) is 10.2. The van der Waals surface area contributed by atoms with Gasteiger partial charge in [-0.1, -0.05) is 19.1 Å². The predicted molar refractivity (Wildman–Crippen MR) is 115 cm³/mol. The van der Waals surface area contributed by atoms with Crippen molar-refractivity contribution in [2.45, 2.75) is 69.9 Å². The summed E-state index contributed by atoms with van der Waals surface area (Å²) >= 11 is 0. The quantitative estimate of drug-likeness (QED) is 0.679. The SMILES string of the molecule is CCc1ccc(S(=O)(=O)NC2CCN(C(=O)CCNC(=O)OC(C)(C)C)CC2)cc1. The number of piperidine rings is 1. The average Bonchev–Trinajstić information content (AvgIpc) is 2.67. The first-order chi connectivity index (χ1) is 14.0. The molecule has 168 valence electrons. The van der Waals surface area contributed by atoms with Gasteiger partial charge in [-0.2, -0.15) is 0 Å². The van der Waals surface area contributed by atoms with Crippen molar-refractivity contribution >= 4 is 22.0 Å². The van der Waals surface area contributed by atoms with E-state index in [1.54, 1.807) is 37.8 Å². The minimum atomic E-state index is -3.58. The maximum atomic E-state index is 12.6. The van der Waals surface area contributed by atoms with Crippen molar-refractivity contribution in [1.82, 2.24) is 14.9 Å². The molecule has 8 nitrogen and oxygen atoms in total. The van der Waals surface area contributed by atoms with Crippen molar-refractivity contribution in [2.75, 3.05) is 19.6 Å². The number of nitrogens with one attached hydrogen (secondary N) is 2. The lowest BCUT2D eigenvalue weighted by Gasteiger charge is -2.32. The minimum absolute atomic E-state index is 0.0671. The van der Waals surface area contributed by atoms with E-state index in [9.17, 15) is 18.0 Å². The molecule has 9 heteroatoms. The molecule has 0 atom stereocenters. The first-order valence-electron chi connectivity index (χ1n) is 10.4. The number of hydrogen-bond acceptors (Lipinski definition) is 5. The number of hydrogen-bond donors (Lipinski definition) is 2. The van der Waals surface area contributed by atoms with Gasteiger partial charge in [-0.25, -0.2) is 17.9 Å². The number of carbonyl (C=O) groups excluding carboxylic acids is 2. The molecule has 0 bridgehead atoms. The van der Waals surface area contributed by atoms with Crippen molar-refractivity contribution in [1.29, 1.82) is 0 Å². The number of carbonyl (C=O) groups is 2. The summed E-state index contributed by atoms with van der Waals surface area (Å²) in [5.74, 6) is -0.0671. The Kier molecular flexibility index (Phi) is 8.25. The molecule has 0 radical (unpaired) electrons. The fourth-order valence-electron chi connectivity index (χ4n) is 3.18. The zero-order valence-corrected chi connectivity index (χ0v) is 19.0. The molecule has 2 amide bonds. The Morgan fingerprint density at radius 2 is 1.73 bits per heavy atom. The van der Waals surface area contributed by atoms with Crippen LogP contribution in [0.25, 0.3) is 0 Å². The number of nitrogens with zero attached hydrogens (tertiary/aromatic N) is 1. The van der Waals surface area contributed by atoms with Crippen molar-refractivity contribution in [3.63, 3.8) is 0 Å². The fourth-order valence-corrected chi connectivity index (χ4v) is 4.49. The molecular weight excluding hydrogens is 406 g/mol. The topological polar surface area (TPSA) is 105 Å². The number of likely N-dealkylation sites (tertiary alicyclic amines) is 1. The van der Waals surface area contributed by atoms with Gasteiger partial charge in [0.05, 0.1) is 4.90 Å². The Balaban J connectivity index is 1.76. The lowest BCUT2D eigenvalue weighted by molar-refractivity contribution is -0.132. The van der Waals surface area contributed by atoms with Gasteiger partial charge < -0.3 is 15.0 Å². The van der Waals surface area contributed by atoms with E-state index in [-0.39, 0.29) is 29.8 Å². The third-order valence-corrected chi connectivity index (χ3v) is 6.35. The zero-order valence-electron chi connectivity index (χ0n) is 18.2. The first-order valence-corrected chi connectivity index (χ1v) is 11.8. The smallest absolute Gasteiger partial charge is 0.407 e. The monoisotopic (exact) mass is 439 g/mol. The lowest BCUT2D eigenvalue weighted by Crippen LogP contribution is -2.47. The molecule has 1 heterocycles. The van der Waals surface area contributed by atoms with Gasteiger partial charge in [0.15, 0.2) is 0 Å². The molecule has 1 aliphatic heterocycles. The molecule has 1 aliphatic rings. The van der Waals surface area contributed by atoms with Crippen molar-refractivity contribution < 1.29 is 22.7 Å². The summed E-state index contributed by atoms with van der Waals surface area (Å²) < 4.78 is 33.0. The van der Waals surface area contributed by atoms with Crippen molar-refractivity contribution in [3.05, 3.63) is 29.8 Å². The summed E-state index contributed by atoms with van der Waals surface area (Å²) in [6, 6.07) is 6.68. The number of rotatable bonds is 7. The highest BCUT2D eigenvalue weighted by Crippen LogP contribution is 2.16. The Morgan fingerprint density at radius 3 is 2.27 bits per heavy atom. The van der Waals surface area contributed by atoms with Gasteiger partial charge in [0.1, 0.15) is 5.60 Å². The van der Waals surface area contributed by atoms with E-state index in [4.69, 9.17) is 4.74 Å². The van der Waals surface area contributed by atoms with Crippen molar-refractivity contribution in [2.24, 2.45) is 0 Å². The molecule has 2 N–H and O–H groups in total. The molecule has 1 aromatic rings. The summed E-state index contributed by atoms with van der Waals surface area (Å²) in [6.45, 7) is 8.50. The van der Waals surface area contributed by atoms with Crippen LogP contribution in [0.1, 0.15) is 52.5 Å².